The molecule has 0 bridgehead atoms. The third-order valence-electron chi connectivity index (χ3n) is 4.61. The molecule has 1 unspecified atom stereocenters. The van der Waals surface area contributed by atoms with Gasteiger partial charge in [0.25, 0.3) is 0 Å². The summed E-state index contributed by atoms with van der Waals surface area (Å²) in [5.41, 5.74) is 0.861. The van der Waals surface area contributed by atoms with Gasteiger partial charge in [0.2, 0.25) is 0 Å². The first-order valence-corrected chi connectivity index (χ1v) is 10.5. The van der Waals surface area contributed by atoms with Crippen molar-refractivity contribution in [3.05, 3.63) is 30.3 Å². The van der Waals surface area contributed by atoms with Crippen LogP contribution >= 0.6 is 0 Å². The lowest BCUT2D eigenvalue weighted by Gasteiger charge is -2.08. The van der Waals surface area contributed by atoms with Gasteiger partial charge in [-0.15, -0.1) is 0 Å². The Labute approximate surface area is 165 Å². The van der Waals surface area contributed by atoms with Gasteiger partial charge in [-0.2, -0.15) is 0 Å². The fourth-order valence-electron chi connectivity index (χ4n) is 2.82. The molecule has 1 aromatic carbocycles. The lowest BCUT2D eigenvalue weighted by molar-refractivity contribution is 0.185. The number of ether oxygens (including phenoxy) is 2. The number of nitrogens with zero attached hydrogens (tertiary/aromatic N) is 1. The molecule has 1 aliphatic rings. The number of benzene rings is 1. The summed E-state index contributed by atoms with van der Waals surface area (Å²) in [7, 11) is 0. The summed E-state index contributed by atoms with van der Waals surface area (Å²) >= 11 is 0. The Kier molecular flexibility index (Phi) is 14.4. The van der Waals surface area contributed by atoms with Crippen molar-refractivity contribution in [1.82, 2.24) is 5.32 Å². The zero-order valence-electron chi connectivity index (χ0n) is 17.2. The molecule has 0 aliphatic carbocycles. The van der Waals surface area contributed by atoms with E-state index in [9.17, 15) is 0 Å². The average molecular weight is 379 g/mol. The summed E-state index contributed by atoms with van der Waals surface area (Å²) in [6.45, 7) is 8.78. The Morgan fingerprint density at radius 3 is 2.67 bits per heavy atom. The van der Waals surface area contributed by atoms with Crippen molar-refractivity contribution >= 4 is 5.71 Å². The van der Waals surface area contributed by atoms with E-state index < -0.39 is 0 Å². The molecule has 1 saturated heterocycles. The van der Waals surface area contributed by atoms with Gasteiger partial charge in [0.15, 0.2) is 0 Å². The van der Waals surface area contributed by atoms with E-state index in [0.717, 1.165) is 57.2 Å². The van der Waals surface area contributed by atoms with E-state index in [0.29, 0.717) is 5.92 Å². The van der Waals surface area contributed by atoms with Gasteiger partial charge in [-0.25, -0.2) is 0 Å². The predicted molar refractivity (Wildman–Crippen MR) is 112 cm³/mol. The second-order valence-corrected chi connectivity index (χ2v) is 6.93. The predicted octanol–water partition coefficient (Wildman–Crippen LogP) is 4.89. The van der Waals surface area contributed by atoms with Crippen molar-refractivity contribution in [1.29, 1.82) is 0 Å². The van der Waals surface area contributed by atoms with Gasteiger partial charge in [0, 0.05) is 26.1 Å². The molecule has 1 aliphatic heterocycles. The second kappa shape index (κ2) is 16.6. The van der Waals surface area contributed by atoms with Crippen LogP contribution in [0.25, 0.3) is 0 Å². The first-order chi connectivity index (χ1) is 13.3. The minimum absolute atomic E-state index is 0.672. The molecule has 0 saturated carbocycles. The van der Waals surface area contributed by atoms with Crippen LogP contribution in [0.4, 0.5) is 0 Å². The number of oxime groups is 1. The van der Waals surface area contributed by atoms with Gasteiger partial charge >= 0.3 is 0 Å². The Bertz CT molecular complexity index is 474. The van der Waals surface area contributed by atoms with Crippen molar-refractivity contribution in [3.8, 4) is 5.75 Å². The molecule has 0 spiro atoms. The van der Waals surface area contributed by atoms with Gasteiger partial charge < -0.3 is 20.0 Å². The Morgan fingerprint density at radius 1 is 1.22 bits per heavy atom. The highest BCUT2D eigenvalue weighted by Crippen LogP contribution is 2.10. The minimum Gasteiger partial charge on any atom is -0.494 e. The molecule has 0 aromatic heterocycles. The molecule has 154 valence electrons. The van der Waals surface area contributed by atoms with Crippen LogP contribution in [0, 0.1) is 5.92 Å². The molecule has 1 atom stereocenters. The quantitative estimate of drug-likeness (QED) is 0.235. The van der Waals surface area contributed by atoms with E-state index in [4.69, 9.17) is 14.7 Å². The standard InChI is InChI=1S/C12H18O.C10H20N2O2/c1-2-3-4-8-11-13-12-9-6-5-7-10-12;1-2-10(12-13)3-5-11-7-9-4-6-14-8-9/h5-7,9-10H,2-4,8,11H2,1H3;9,11,13H,2-8H2,1H3/b;12-10+. The summed E-state index contributed by atoms with van der Waals surface area (Å²) < 4.78 is 10.8. The van der Waals surface area contributed by atoms with Gasteiger partial charge in [0.05, 0.1) is 18.9 Å². The highest BCUT2D eigenvalue weighted by molar-refractivity contribution is 5.83. The SMILES string of the molecule is CC/C(CCNCC1CCOC1)=N\O.CCCCCCOc1ccccc1. The van der Waals surface area contributed by atoms with Crippen LogP contribution in [0.1, 0.15) is 58.8 Å². The maximum Gasteiger partial charge on any atom is 0.119 e. The summed E-state index contributed by atoms with van der Waals surface area (Å²) in [6.07, 6.45) is 7.88. The van der Waals surface area contributed by atoms with E-state index in [1.165, 1.54) is 32.1 Å². The van der Waals surface area contributed by atoms with Crippen molar-refractivity contribution in [2.75, 3.05) is 32.9 Å². The van der Waals surface area contributed by atoms with Crippen LogP contribution in [-0.2, 0) is 4.74 Å². The van der Waals surface area contributed by atoms with Crippen LogP contribution in [0.2, 0.25) is 0 Å². The molecule has 1 aromatic rings. The number of hydrogen-bond donors (Lipinski definition) is 2. The smallest absolute Gasteiger partial charge is 0.119 e. The minimum atomic E-state index is 0.672. The molecule has 27 heavy (non-hydrogen) atoms. The van der Waals surface area contributed by atoms with Crippen molar-refractivity contribution < 1.29 is 14.7 Å². The van der Waals surface area contributed by atoms with Gasteiger partial charge in [-0.3, -0.25) is 0 Å². The third-order valence-corrected chi connectivity index (χ3v) is 4.61. The number of para-hydroxylation sites is 1. The summed E-state index contributed by atoms with van der Waals surface area (Å²) in [4.78, 5) is 0. The number of nitrogens with one attached hydrogen (secondary N) is 1. The molecule has 2 rings (SSSR count). The molecule has 0 radical (unpaired) electrons. The monoisotopic (exact) mass is 378 g/mol. The molecule has 1 heterocycles. The van der Waals surface area contributed by atoms with Crippen molar-refractivity contribution in [2.24, 2.45) is 11.1 Å². The average Bonchev–Trinajstić information content (AvgIpc) is 3.23. The summed E-state index contributed by atoms with van der Waals surface area (Å²) in [5.74, 6) is 1.66. The first kappa shape index (κ1) is 23.4. The van der Waals surface area contributed by atoms with Crippen LogP contribution in [0.5, 0.6) is 5.75 Å². The van der Waals surface area contributed by atoms with E-state index in [2.05, 4.69) is 17.4 Å². The number of hydrogen-bond acceptors (Lipinski definition) is 5. The number of unbranched alkanes of at least 4 members (excludes halogenated alkanes) is 3. The first-order valence-electron chi connectivity index (χ1n) is 10.5. The van der Waals surface area contributed by atoms with Crippen LogP contribution < -0.4 is 10.1 Å². The molecule has 0 amide bonds. The largest absolute Gasteiger partial charge is 0.494 e. The second-order valence-electron chi connectivity index (χ2n) is 6.93. The lowest BCUT2D eigenvalue weighted by atomic mass is 10.1. The maximum absolute atomic E-state index is 8.58. The zero-order valence-corrected chi connectivity index (χ0v) is 17.2. The van der Waals surface area contributed by atoms with Crippen LogP contribution in [0.3, 0.4) is 0 Å². The van der Waals surface area contributed by atoms with E-state index >= 15 is 0 Å². The van der Waals surface area contributed by atoms with Crippen LogP contribution in [0.15, 0.2) is 35.5 Å². The Balaban J connectivity index is 0.000000271. The molecule has 2 N–H and O–H groups in total. The molecular weight excluding hydrogens is 340 g/mol. The highest BCUT2D eigenvalue weighted by Gasteiger charge is 2.14. The van der Waals surface area contributed by atoms with Gasteiger partial charge in [-0.05, 0) is 37.3 Å². The third kappa shape index (κ3) is 12.4. The van der Waals surface area contributed by atoms with Crippen LogP contribution in [-0.4, -0.2) is 43.8 Å². The molecule has 5 nitrogen and oxygen atoms in total. The Morgan fingerprint density at radius 2 is 2.04 bits per heavy atom. The van der Waals surface area contributed by atoms with Gasteiger partial charge in [0.1, 0.15) is 5.75 Å². The summed E-state index contributed by atoms with van der Waals surface area (Å²) in [5, 5.41) is 15.2. The number of rotatable bonds is 12. The Hall–Kier alpha value is -1.59. The van der Waals surface area contributed by atoms with Gasteiger partial charge in [-0.1, -0.05) is 56.5 Å². The maximum atomic E-state index is 8.58. The normalized spacial score (nSPS) is 16.7. The molecule has 5 heteroatoms. The van der Waals surface area contributed by atoms with E-state index in [1.807, 2.05) is 37.3 Å². The zero-order chi connectivity index (χ0) is 19.6. The lowest BCUT2D eigenvalue weighted by Crippen LogP contribution is -2.25. The highest BCUT2D eigenvalue weighted by atomic mass is 16.5. The fourth-order valence-corrected chi connectivity index (χ4v) is 2.82. The topological polar surface area (TPSA) is 63.1 Å². The molecular formula is C22H38N2O3. The molecule has 1 fully saturated rings. The van der Waals surface area contributed by atoms with Crippen molar-refractivity contribution in [3.63, 3.8) is 0 Å². The van der Waals surface area contributed by atoms with Crippen molar-refractivity contribution in [2.45, 2.75) is 58.8 Å². The summed E-state index contributed by atoms with van der Waals surface area (Å²) in [6, 6.07) is 10.0. The van der Waals surface area contributed by atoms with E-state index in [-0.39, 0.29) is 0 Å². The van der Waals surface area contributed by atoms with E-state index in [1.54, 1.807) is 0 Å². The fraction of sp³-hybridized carbons (Fsp3) is 0.682.